The van der Waals surface area contributed by atoms with Crippen molar-refractivity contribution in [1.29, 1.82) is 0 Å². The Labute approximate surface area is 124 Å². The van der Waals surface area contributed by atoms with E-state index in [1.54, 1.807) is 0 Å². The number of hydrogen-bond donors (Lipinski definition) is 3. The van der Waals surface area contributed by atoms with Crippen LogP contribution in [-0.2, 0) is 4.79 Å². The van der Waals surface area contributed by atoms with E-state index < -0.39 is 38.0 Å². The molecule has 1 atom stereocenters. The first kappa shape index (κ1) is 16.7. The van der Waals surface area contributed by atoms with E-state index in [-0.39, 0.29) is 5.69 Å². The van der Waals surface area contributed by atoms with Crippen molar-refractivity contribution in [2.75, 3.05) is 5.32 Å². The van der Waals surface area contributed by atoms with Crippen LogP contribution in [0.25, 0.3) is 0 Å². The van der Waals surface area contributed by atoms with Gasteiger partial charge in [-0.15, -0.1) is 0 Å². The minimum Gasteiger partial charge on any atom is -0.480 e. The van der Waals surface area contributed by atoms with Crippen LogP contribution in [0.3, 0.4) is 0 Å². The van der Waals surface area contributed by atoms with Gasteiger partial charge in [-0.3, -0.25) is 20.2 Å². The van der Waals surface area contributed by atoms with Crippen molar-refractivity contribution >= 4 is 35.7 Å². The van der Waals surface area contributed by atoms with E-state index in [0.29, 0.717) is 0 Å². The van der Waals surface area contributed by atoms with Gasteiger partial charge >= 0.3 is 5.97 Å². The SMILES string of the molecule is CC(C)(S)[C@H](Nc1ccc([N+](=O)[O-])cc1[N+](=O)[O-])C(=O)O. The van der Waals surface area contributed by atoms with Crippen molar-refractivity contribution < 1.29 is 19.7 Å². The number of nitro groups is 2. The first-order valence-electron chi connectivity index (χ1n) is 5.68. The zero-order valence-electron chi connectivity index (χ0n) is 11.1. The molecule has 21 heavy (non-hydrogen) atoms. The predicted octanol–water partition coefficient (Wildman–Crippen LogP) is 2.08. The van der Waals surface area contributed by atoms with Gasteiger partial charge in [-0.25, -0.2) is 4.79 Å². The Kier molecular flexibility index (Phi) is 4.73. The summed E-state index contributed by atoms with van der Waals surface area (Å²) in [5.74, 6) is -1.25. The number of carbonyl (C=O) groups is 1. The van der Waals surface area contributed by atoms with E-state index in [9.17, 15) is 25.0 Å². The molecule has 0 saturated heterocycles. The molecule has 0 aromatic heterocycles. The maximum absolute atomic E-state index is 11.2. The molecule has 0 spiro atoms. The first-order chi connectivity index (χ1) is 9.54. The second kappa shape index (κ2) is 5.95. The molecule has 0 saturated carbocycles. The summed E-state index contributed by atoms with van der Waals surface area (Å²) >= 11 is 4.14. The predicted molar refractivity (Wildman–Crippen MR) is 77.9 cm³/mol. The highest BCUT2D eigenvalue weighted by Crippen LogP contribution is 2.31. The Hall–Kier alpha value is -2.36. The summed E-state index contributed by atoms with van der Waals surface area (Å²) in [6.07, 6.45) is 0. The summed E-state index contributed by atoms with van der Waals surface area (Å²) in [6.45, 7) is 3.05. The van der Waals surface area contributed by atoms with Gasteiger partial charge in [0.15, 0.2) is 0 Å². The van der Waals surface area contributed by atoms with Crippen LogP contribution in [0.2, 0.25) is 0 Å². The third-order valence-corrected chi connectivity index (χ3v) is 2.90. The summed E-state index contributed by atoms with van der Waals surface area (Å²) in [6, 6.07) is 1.71. The minimum atomic E-state index is -1.25. The van der Waals surface area contributed by atoms with E-state index in [4.69, 9.17) is 5.11 Å². The summed E-state index contributed by atoms with van der Waals surface area (Å²) in [4.78, 5) is 31.2. The molecule has 0 heterocycles. The third-order valence-electron chi connectivity index (χ3n) is 2.64. The molecule has 114 valence electrons. The maximum Gasteiger partial charge on any atom is 0.327 e. The summed E-state index contributed by atoms with van der Waals surface area (Å²) < 4.78 is -1.01. The molecule has 9 nitrogen and oxygen atoms in total. The van der Waals surface area contributed by atoms with Crippen molar-refractivity contribution in [3.05, 3.63) is 38.4 Å². The van der Waals surface area contributed by atoms with E-state index >= 15 is 0 Å². The number of nitrogens with one attached hydrogen (secondary N) is 1. The molecule has 10 heteroatoms. The largest absolute Gasteiger partial charge is 0.480 e. The number of carboxylic acid groups (broad SMARTS) is 1. The zero-order valence-corrected chi connectivity index (χ0v) is 12.0. The second-order valence-corrected chi connectivity index (χ2v) is 5.94. The molecule has 0 radical (unpaired) electrons. The van der Waals surface area contributed by atoms with Gasteiger partial charge in [0.1, 0.15) is 11.7 Å². The van der Waals surface area contributed by atoms with Gasteiger partial charge < -0.3 is 10.4 Å². The van der Waals surface area contributed by atoms with Gasteiger partial charge in [0, 0.05) is 10.8 Å². The molecular weight excluding hydrogens is 302 g/mol. The van der Waals surface area contributed by atoms with Gasteiger partial charge in [-0.05, 0) is 19.9 Å². The fraction of sp³-hybridized carbons (Fsp3) is 0.364. The Morgan fingerprint density at radius 3 is 2.29 bits per heavy atom. The van der Waals surface area contributed by atoms with Crippen LogP contribution in [0.5, 0.6) is 0 Å². The topological polar surface area (TPSA) is 136 Å². The highest BCUT2D eigenvalue weighted by atomic mass is 32.1. The second-order valence-electron chi connectivity index (χ2n) is 4.78. The Morgan fingerprint density at radius 1 is 1.33 bits per heavy atom. The van der Waals surface area contributed by atoms with Crippen LogP contribution in [0.1, 0.15) is 13.8 Å². The van der Waals surface area contributed by atoms with E-state index in [0.717, 1.165) is 18.2 Å². The summed E-state index contributed by atoms with van der Waals surface area (Å²) in [5, 5.41) is 33.3. The number of benzene rings is 1. The Bertz CT molecular complexity index is 598. The number of rotatable bonds is 6. The van der Waals surface area contributed by atoms with Crippen molar-refractivity contribution in [3.8, 4) is 0 Å². The van der Waals surface area contributed by atoms with Crippen LogP contribution >= 0.6 is 12.6 Å². The van der Waals surface area contributed by atoms with Crippen molar-refractivity contribution in [2.24, 2.45) is 0 Å². The molecule has 0 unspecified atom stereocenters. The quantitative estimate of drug-likeness (QED) is 0.415. The molecule has 2 N–H and O–H groups in total. The van der Waals surface area contributed by atoms with E-state index in [1.165, 1.54) is 13.8 Å². The van der Waals surface area contributed by atoms with Crippen molar-refractivity contribution in [3.63, 3.8) is 0 Å². The lowest BCUT2D eigenvalue weighted by atomic mass is 10.0. The van der Waals surface area contributed by atoms with Crippen molar-refractivity contribution in [2.45, 2.75) is 24.6 Å². The zero-order chi connectivity index (χ0) is 16.4. The number of carboxylic acids is 1. The van der Waals surface area contributed by atoms with Crippen LogP contribution in [-0.4, -0.2) is 31.7 Å². The number of nitrogens with zero attached hydrogens (tertiary/aromatic N) is 2. The van der Waals surface area contributed by atoms with Crippen LogP contribution in [0.4, 0.5) is 17.1 Å². The molecule has 0 aliphatic heterocycles. The smallest absolute Gasteiger partial charge is 0.327 e. The molecular formula is C11H13N3O6S. The molecule has 0 aliphatic rings. The first-order valence-corrected chi connectivity index (χ1v) is 6.13. The maximum atomic E-state index is 11.2. The molecule has 1 rings (SSSR count). The fourth-order valence-corrected chi connectivity index (χ4v) is 1.78. The van der Waals surface area contributed by atoms with Gasteiger partial charge in [0.25, 0.3) is 11.4 Å². The molecule has 1 aromatic rings. The summed E-state index contributed by atoms with van der Waals surface area (Å²) in [5.41, 5.74) is -1.16. The Balaban J connectivity index is 3.27. The Morgan fingerprint density at radius 2 is 1.90 bits per heavy atom. The number of aliphatic carboxylic acids is 1. The van der Waals surface area contributed by atoms with E-state index in [1.807, 2.05) is 0 Å². The number of thiol groups is 1. The van der Waals surface area contributed by atoms with Gasteiger partial charge in [-0.1, -0.05) is 0 Å². The highest BCUT2D eigenvalue weighted by Gasteiger charge is 2.34. The van der Waals surface area contributed by atoms with Crippen LogP contribution < -0.4 is 5.32 Å². The lowest BCUT2D eigenvalue weighted by molar-refractivity contribution is -0.393. The minimum absolute atomic E-state index is 0.125. The lowest BCUT2D eigenvalue weighted by Gasteiger charge is -2.27. The van der Waals surface area contributed by atoms with Crippen LogP contribution in [0, 0.1) is 20.2 Å². The van der Waals surface area contributed by atoms with Crippen molar-refractivity contribution in [1.82, 2.24) is 0 Å². The number of non-ortho nitro benzene ring substituents is 1. The third kappa shape index (κ3) is 4.05. The molecule has 1 aromatic carbocycles. The number of anilines is 1. The molecule has 0 amide bonds. The standard InChI is InChI=1S/C11H13N3O6S/c1-11(2,21)9(10(15)16)12-7-4-3-6(13(17)18)5-8(7)14(19)20/h3-5,9,12,21H,1-2H3,(H,15,16)/t9-/m1/s1. The molecule has 0 fully saturated rings. The van der Waals surface area contributed by atoms with E-state index in [2.05, 4.69) is 17.9 Å². The van der Waals surface area contributed by atoms with Gasteiger partial charge in [0.05, 0.1) is 15.9 Å². The number of nitro benzene ring substituents is 2. The monoisotopic (exact) mass is 315 g/mol. The van der Waals surface area contributed by atoms with Gasteiger partial charge in [0.2, 0.25) is 0 Å². The average Bonchev–Trinajstić information content (AvgIpc) is 2.33. The molecule has 0 bridgehead atoms. The summed E-state index contributed by atoms with van der Waals surface area (Å²) in [7, 11) is 0. The lowest BCUT2D eigenvalue weighted by Crippen LogP contribution is -2.44. The highest BCUT2D eigenvalue weighted by molar-refractivity contribution is 7.81. The fourth-order valence-electron chi connectivity index (χ4n) is 1.60. The number of hydrogen-bond acceptors (Lipinski definition) is 7. The molecule has 0 aliphatic carbocycles. The van der Waals surface area contributed by atoms with Gasteiger partial charge in [-0.2, -0.15) is 12.6 Å². The van der Waals surface area contributed by atoms with Crippen LogP contribution in [0.15, 0.2) is 18.2 Å². The normalized spacial score (nSPS) is 12.5. The average molecular weight is 315 g/mol.